The Labute approximate surface area is 83.0 Å². The molecule has 1 aromatic carbocycles. The number of anilines is 1. The number of carbonyl (C=O) groups is 1. The van der Waals surface area contributed by atoms with Crippen LogP contribution in [-0.4, -0.2) is 22.7 Å². The first-order valence-corrected chi connectivity index (χ1v) is 4.66. The van der Waals surface area contributed by atoms with Gasteiger partial charge in [0.05, 0.1) is 6.04 Å². The van der Waals surface area contributed by atoms with Gasteiger partial charge in [0.15, 0.2) is 5.60 Å². The number of para-hydroxylation sites is 1. The Bertz CT molecular complexity index is 359. The van der Waals surface area contributed by atoms with Crippen molar-refractivity contribution in [2.24, 2.45) is 0 Å². The van der Waals surface area contributed by atoms with Gasteiger partial charge in [-0.3, -0.25) is 4.79 Å². The van der Waals surface area contributed by atoms with Gasteiger partial charge >= 0.3 is 0 Å². The van der Waals surface area contributed by atoms with E-state index in [1.54, 1.807) is 11.8 Å². The topological polar surface area (TPSA) is 40.5 Å². The van der Waals surface area contributed by atoms with Crippen LogP contribution in [0.15, 0.2) is 30.3 Å². The molecule has 1 saturated heterocycles. The van der Waals surface area contributed by atoms with Crippen LogP contribution in [0.1, 0.15) is 13.8 Å². The second kappa shape index (κ2) is 2.82. The van der Waals surface area contributed by atoms with E-state index < -0.39 is 5.60 Å². The molecule has 2 unspecified atom stereocenters. The fourth-order valence-corrected chi connectivity index (χ4v) is 1.71. The summed E-state index contributed by atoms with van der Waals surface area (Å²) in [6.07, 6.45) is 0. The first-order valence-electron chi connectivity index (χ1n) is 4.66. The third kappa shape index (κ3) is 1.06. The third-order valence-corrected chi connectivity index (χ3v) is 2.89. The number of aliphatic hydroxyl groups is 1. The zero-order chi connectivity index (χ0) is 10.3. The SMILES string of the molecule is CC1N(c2ccccc2)C(=O)C1(C)O. The molecule has 1 amide bonds. The van der Waals surface area contributed by atoms with Crippen LogP contribution in [0, 0.1) is 0 Å². The maximum absolute atomic E-state index is 11.6. The van der Waals surface area contributed by atoms with E-state index in [0.29, 0.717) is 0 Å². The second-order valence-electron chi connectivity index (χ2n) is 3.83. The minimum atomic E-state index is -1.20. The Kier molecular flexibility index (Phi) is 1.86. The standard InChI is InChI=1S/C11H13NO2/c1-8-11(2,14)10(13)12(8)9-6-4-3-5-7-9/h3-8,14H,1-2H3. The summed E-state index contributed by atoms with van der Waals surface area (Å²) in [6, 6.07) is 9.23. The summed E-state index contributed by atoms with van der Waals surface area (Å²) in [6.45, 7) is 3.40. The van der Waals surface area contributed by atoms with Gasteiger partial charge in [-0.25, -0.2) is 0 Å². The second-order valence-corrected chi connectivity index (χ2v) is 3.83. The quantitative estimate of drug-likeness (QED) is 0.677. The maximum Gasteiger partial charge on any atom is 0.261 e. The lowest BCUT2D eigenvalue weighted by molar-refractivity contribution is -0.149. The summed E-state index contributed by atoms with van der Waals surface area (Å²) in [5.41, 5.74) is -0.355. The van der Waals surface area contributed by atoms with E-state index in [1.165, 1.54) is 0 Å². The Morgan fingerprint density at radius 1 is 1.36 bits per heavy atom. The third-order valence-electron chi connectivity index (χ3n) is 2.89. The first-order chi connectivity index (χ1) is 6.55. The number of hydrogen-bond donors (Lipinski definition) is 1. The molecule has 1 heterocycles. The molecule has 2 atom stereocenters. The molecule has 1 fully saturated rings. The molecule has 0 saturated carbocycles. The van der Waals surface area contributed by atoms with Crippen molar-refractivity contribution in [3.63, 3.8) is 0 Å². The number of carbonyl (C=O) groups excluding carboxylic acids is 1. The van der Waals surface area contributed by atoms with Gasteiger partial charge in [0, 0.05) is 5.69 Å². The predicted octanol–water partition coefficient (Wildman–Crippen LogP) is 1.17. The molecule has 0 aliphatic carbocycles. The van der Waals surface area contributed by atoms with E-state index in [2.05, 4.69) is 0 Å². The van der Waals surface area contributed by atoms with Crippen molar-refractivity contribution >= 4 is 11.6 Å². The fourth-order valence-electron chi connectivity index (χ4n) is 1.71. The first kappa shape index (κ1) is 9.21. The lowest BCUT2D eigenvalue weighted by atomic mass is 9.85. The highest BCUT2D eigenvalue weighted by Gasteiger charge is 2.54. The van der Waals surface area contributed by atoms with Crippen LogP contribution in [0.3, 0.4) is 0 Å². The van der Waals surface area contributed by atoms with Crippen molar-refractivity contribution in [3.05, 3.63) is 30.3 Å². The average Bonchev–Trinajstić information content (AvgIpc) is 2.20. The van der Waals surface area contributed by atoms with Gasteiger partial charge in [0.25, 0.3) is 5.91 Å². The minimum Gasteiger partial charge on any atom is -0.378 e. The van der Waals surface area contributed by atoms with Crippen LogP contribution in [-0.2, 0) is 4.79 Å². The van der Waals surface area contributed by atoms with Crippen LogP contribution in [0.2, 0.25) is 0 Å². The number of β-lactam (4-membered cyclic amide) rings is 1. The summed E-state index contributed by atoms with van der Waals surface area (Å²) in [7, 11) is 0. The molecule has 14 heavy (non-hydrogen) atoms. The van der Waals surface area contributed by atoms with Crippen molar-refractivity contribution in [3.8, 4) is 0 Å². The number of nitrogens with zero attached hydrogens (tertiary/aromatic N) is 1. The van der Waals surface area contributed by atoms with Crippen LogP contribution in [0.25, 0.3) is 0 Å². The predicted molar refractivity (Wildman–Crippen MR) is 54.0 cm³/mol. The molecule has 0 aromatic heterocycles. The zero-order valence-electron chi connectivity index (χ0n) is 8.27. The van der Waals surface area contributed by atoms with Crippen LogP contribution in [0.5, 0.6) is 0 Å². The van der Waals surface area contributed by atoms with Gasteiger partial charge in [0.1, 0.15) is 0 Å². The molecule has 3 heteroatoms. The molecule has 3 nitrogen and oxygen atoms in total. The number of amides is 1. The van der Waals surface area contributed by atoms with E-state index in [4.69, 9.17) is 0 Å². The number of rotatable bonds is 1. The van der Waals surface area contributed by atoms with Crippen molar-refractivity contribution in [2.75, 3.05) is 4.90 Å². The lowest BCUT2D eigenvalue weighted by Gasteiger charge is -2.49. The van der Waals surface area contributed by atoms with Gasteiger partial charge in [-0.15, -0.1) is 0 Å². The normalized spacial score (nSPS) is 31.5. The smallest absolute Gasteiger partial charge is 0.261 e. The molecular weight excluding hydrogens is 178 g/mol. The molecule has 0 bridgehead atoms. The Hall–Kier alpha value is -1.35. The molecule has 0 spiro atoms. The van der Waals surface area contributed by atoms with Gasteiger partial charge in [-0.1, -0.05) is 18.2 Å². The highest BCUT2D eigenvalue weighted by Crippen LogP contribution is 2.34. The Balaban J connectivity index is 2.29. The van der Waals surface area contributed by atoms with Crippen LogP contribution in [0.4, 0.5) is 5.69 Å². The summed E-state index contributed by atoms with van der Waals surface area (Å²) in [4.78, 5) is 13.2. The number of benzene rings is 1. The van der Waals surface area contributed by atoms with Gasteiger partial charge in [-0.05, 0) is 26.0 Å². The Morgan fingerprint density at radius 3 is 2.43 bits per heavy atom. The molecule has 1 aliphatic rings. The highest BCUT2D eigenvalue weighted by atomic mass is 16.3. The molecule has 1 aliphatic heterocycles. The van der Waals surface area contributed by atoms with E-state index in [9.17, 15) is 9.90 Å². The van der Waals surface area contributed by atoms with Gasteiger partial charge < -0.3 is 10.0 Å². The highest BCUT2D eigenvalue weighted by molar-refractivity contribution is 6.07. The maximum atomic E-state index is 11.6. The van der Waals surface area contributed by atoms with Gasteiger partial charge in [0.2, 0.25) is 0 Å². The van der Waals surface area contributed by atoms with E-state index in [0.717, 1.165) is 5.69 Å². The summed E-state index contributed by atoms with van der Waals surface area (Å²) >= 11 is 0. The molecule has 1 aromatic rings. The van der Waals surface area contributed by atoms with E-state index >= 15 is 0 Å². The molecular formula is C11H13NO2. The molecule has 1 N–H and O–H groups in total. The van der Waals surface area contributed by atoms with Crippen molar-refractivity contribution in [1.29, 1.82) is 0 Å². The zero-order valence-corrected chi connectivity index (χ0v) is 8.27. The van der Waals surface area contributed by atoms with Crippen molar-refractivity contribution < 1.29 is 9.90 Å². The van der Waals surface area contributed by atoms with Crippen molar-refractivity contribution in [1.82, 2.24) is 0 Å². The molecule has 0 radical (unpaired) electrons. The van der Waals surface area contributed by atoms with Gasteiger partial charge in [-0.2, -0.15) is 0 Å². The van der Waals surface area contributed by atoms with E-state index in [1.807, 2.05) is 37.3 Å². The Morgan fingerprint density at radius 2 is 1.93 bits per heavy atom. The fraction of sp³-hybridized carbons (Fsp3) is 0.364. The monoisotopic (exact) mass is 191 g/mol. The lowest BCUT2D eigenvalue weighted by Crippen LogP contribution is -2.71. The van der Waals surface area contributed by atoms with Crippen LogP contribution < -0.4 is 4.90 Å². The minimum absolute atomic E-state index is 0.155. The number of hydrogen-bond acceptors (Lipinski definition) is 2. The van der Waals surface area contributed by atoms with E-state index in [-0.39, 0.29) is 11.9 Å². The summed E-state index contributed by atoms with van der Waals surface area (Å²) < 4.78 is 0. The largest absolute Gasteiger partial charge is 0.378 e. The average molecular weight is 191 g/mol. The van der Waals surface area contributed by atoms with Crippen LogP contribution >= 0.6 is 0 Å². The summed E-state index contributed by atoms with van der Waals surface area (Å²) in [5.74, 6) is -0.226. The molecule has 74 valence electrons. The summed E-state index contributed by atoms with van der Waals surface area (Å²) in [5, 5.41) is 9.69. The molecule has 2 rings (SSSR count). The van der Waals surface area contributed by atoms with Crippen molar-refractivity contribution in [2.45, 2.75) is 25.5 Å².